The first-order valence-corrected chi connectivity index (χ1v) is 10.2. The normalized spacial score (nSPS) is 18.8. The van der Waals surface area contributed by atoms with Crippen LogP contribution in [-0.2, 0) is 11.2 Å². The van der Waals surface area contributed by atoms with E-state index < -0.39 is 0 Å². The molecule has 0 bridgehead atoms. The third kappa shape index (κ3) is 4.23. The highest BCUT2D eigenvalue weighted by atomic mass is 16.2. The molecule has 29 heavy (non-hydrogen) atoms. The first-order chi connectivity index (χ1) is 14.1. The standard InChI is InChI=1S/C22H26N4O3/c27-19-3-7-22(16-26(19)13-6-17-4-11-23-12-5-17)8-14-25(15-9-22)21(29)18-2-1-10-24-20(18)28/h1-2,4-5,10-12H,3,6-9,13-16H2,(H,24,28). The van der Waals surface area contributed by atoms with Crippen molar-refractivity contribution in [3.05, 3.63) is 64.3 Å². The molecule has 0 atom stereocenters. The van der Waals surface area contributed by atoms with E-state index in [0.29, 0.717) is 26.1 Å². The number of pyridine rings is 2. The summed E-state index contributed by atoms with van der Waals surface area (Å²) >= 11 is 0. The van der Waals surface area contributed by atoms with Gasteiger partial charge in [-0.05, 0) is 60.9 Å². The number of piperidine rings is 2. The third-order valence-corrected chi connectivity index (χ3v) is 6.33. The number of aromatic amines is 1. The van der Waals surface area contributed by atoms with Crippen molar-refractivity contribution >= 4 is 11.8 Å². The van der Waals surface area contributed by atoms with E-state index in [2.05, 4.69) is 9.97 Å². The number of likely N-dealkylation sites (tertiary alicyclic amines) is 2. The predicted molar refractivity (Wildman–Crippen MR) is 108 cm³/mol. The number of rotatable bonds is 4. The fraction of sp³-hybridized carbons (Fsp3) is 0.455. The fourth-order valence-electron chi connectivity index (χ4n) is 4.47. The second kappa shape index (κ2) is 8.19. The van der Waals surface area contributed by atoms with Crippen molar-refractivity contribution in [3.8, 4) is 0 Å². The number of nitrogens with zero attached hydrogens (tertiary/aromatic N) is 3. The van der Waals surface area contributed by atoms with Crippen LogP contribution in [0.2, 0.25) is 0 Å². The molecule has 7 heteroatoms. The Morgan fingerprint density at radius 2 is 1.86 bits per heavy atom. The lowest BCUT2D eigenvalue weighted by molar-refractivity contribution is -0.138. The number of carbonyl (C=O) groups is 2. The first kappa shape index (κ1) is 19.4. The molecule has 2 aromatic rings. The summed E-state index contributed by atoms with van der Waals surface area (Å²) in [6, 6.07) is 7.22. The van der Waals surface area contributed by atoms with Crippen LogP contribution in [0.15, 0.2) is 47.7 Å². The molecule has 0 saturated carbocycles. The molecule has 1 N–H and O–H groups in total. The van der Waals surface area contributed by atoms with Crippen LogP contribution >= 0.6 is 0 Å². The molecule has 2 aromatic heterocycles. The van der Waals surface area contributed by atoms with Gasteiger partial charge in [0.05, 0.1) is 0 Å². The third-order valence-electron chi connectivity index (χ3n) is 6.33. The zero-order chi connectivity index (χ0) is 20.3. The van der Waals surface area contributed by atoms with Crippen molar-refractivity contribution in [1.82, 2.24) is 19.8 Å². The number of hydrogen-bond acceptors (Lipinski definition) is 4. The van der Waals surface area contributed by atoms with Crippen molar-refractivity contribution in [1.29, 1.82) is 0 Å². The van der Waals surface area contributed by atoms with Crippen molar-refractivity contribution in [2.75, 3.05) is 26.2 Å². The first-order valence-electron chi connectivity index (χ1n) is 10.2. The largest absolute Gasteiger partial charge is 0.342 e. The van der Waals surface area contributed by atoms with Crippen LogP contribution in [0.5, 0.6) is 0 Å². The van der Waals surface area contributed by atoms with Gasteiger partial charge in [-0.2, -0.15) is 0 Å². The van der Waals surface area contributed by atoms with E-state index in [0.717, 1.165) is 32.2 Å². The Balaban J connectivity index is 1.37. The summed E-state index contributed by atoms with van der Waals surface area (Å²) in [5.41, 5.74) is 1.11. The summed E-state index contributed by atoms with van der Waals surface area (Å²) in [5.74, 6) is 0.0159. The van der Waals surface area contributed by atoms with Crippen LogP contribution in [0.1, 0.15) is 41.6 Å². The summed E-state index contributed by atoms with van der Waals surface area (Å²) in [6.45, 7) is 2.72. The van der Waals surface area contributed by atoms with Crippen LogP contribution in [-0.4, -0.2) is 57.8 Å². The maximum absolute atomic E-state index is 12.7. The minimum atomic E-state index is -0.344. The second-order valence-electron chi connectivity index (χ2n) is 8.13. The molecule has 0 unspecified atom stereocenters. The van der Waals surface area contributed by atoms with Gasteiger partial charge in [0.1, 0.15) is 5.56 Å². The highest BCUT2D eigenvalue weighted by Crippen LogP contribution is 2.40. The molecule has 2 aliphatic heterocycles. The zero-order valence-electron chi connectivity index (χ0n) is 16.5. The fourth-order valence-corrected chi connectivity index (χ4v) is 4.47. The van der Waals surface area contributed by atoms with E-state index in [1.165, 1.54) is 11.8 Å². The van der Waals surface area contributed by atoms with Gasteiger partial charge in [-0.15, -0.1) is 0 Å². The van der Waals surface area contributed by atoms with Crippen LogP contribution < -0.4 is 5.56 Å². The molecule has 0 aliphatic carbocycles. The van der Waals surface area contributed by atoms with Gasteiger partial charge >= 0.3 is 0 Å². The van der Waals surface area contributed by atoms with Crippen molar-refractivity contribution in [2.24, 2.45) is 5.41 Å². The predicted octanol–water partition coefficient (Wildman–Crippen LogP) is 1.86. The van der Waals surface area contributed by atoms with Gasteiger partial charge in [-0.3, -0.25) is 19.4 Å². The van der Waals surface area contributed by atoms with Gasteiger partial charge in [-0.1, -0.05) is 0 Å². The molecule has 2 aliphatic rings. The minimum absolute atomic E-state index is 0.0754. The van der Waals surface area contributed by atoms with Gasteiger partial charge in [0.25, 0.3) is 11.5 Å². The smallest absolute Gasteiger partial charge is 0.260 e. The summed E-state index contributed by atoms with van der Waals surface area (Å²) in [6.07, 6.45) is 9.09. The molecule has 2 fully saturated rings. The maximum atomic E-state index is 12.7. The van der Waals surface area contributed by atoms with Gasteiger partial charge in [-0.25, -0.2) is 0 Å². The quantitative estimate of drug-likeness (QED) is 0.858. The molecular formula is C22H26N4O3. The average Bonchev–Trinajstić information content (AvgIpc) is 2.76. The van der Waals surface area contributed by atoms with Crippen molar-refractivity contribution < 1.29 is 9.59 Å². The van der Waals surface area contributed by atoms with E-state index in [9.17, 15) is 14.4 Å². The van der Waals surface area contributed by atoms with Crippen LogP contribution in [0.25, 0.3) is 0 Å². The SMILES string of the molecule is O=C1CCC2(CCN(C(=O)c3ccc[nH]c3=O)CC2)CN1CCc1ccncc1. The number of aromatic nitrogens is 2. The Morgan fingerprint density at radius 3 is 2.59 bits per heavy atom. The summed E-state index contributed by atoms with van der Waals surface area (Å²) in [5, 5.41) is 0. The molecule has 2 amide bonds. The number of hydrogen-bond donors (Lipinski definition) is 1. The van der Waals surface area contributed by atoms with E-state index in [-0.39, 0.29) is 28.4 Å². The Bertz CT molecular complexity index is 932. The molecule has 1 spiro atoms. The minimum Gasteiger partial charge on any atom is -0.342 e. The van der Waals surface area contributed by atoms with Crippen LogP contribution in [0, 0.1) is 5.41 Å². The maximum Gasteiger partial charge on any atom is 0.260 e. The van der Waals surface area contributed by atoms with Crippen molar-refractivity contribution in [3.63, 3.8) is 0 Å². The number of nitrogens with one attached hydrogen (secondary N) is 1. The number of H-pyrrole nitrogens is 1. The Kier molecular flexibility index (Phi) is 5.47. The van der Waals surface area contributed by atoms with Gasteiger partial charge in [0, 0.05) is 51.2 Å². The van der Waals surface area contributed by atoms with Gasteiger partial charge < -0.3 is 14.8 Å². The Hall–Kier alpha value is -2.96. The zero-order valence-corrected chi connectivity index (χ0v) is 16.5. The monoisotopic (exact) mass is 394 g/mol. The number of carbonyl (C=O) groups excluding carboxylic acids is 2. The van der Waals surface area contributed by atoms with Gasteiger partial charge in [0.2, 0.25) is 5.91 Å². The molecule has 152 valence electrons. The number of amides is 2. The van der Waals surface area contributed by atoms with E-state index in [1.54, 1.807) is 29.4 Å². The van der Waals surface area contributed by atoms with Crippen LogP contribution in [0.3, 0.4) is 0 Å². The van der Waals surface area contributed by atoms with Crippen molar-refractivity contribution in [2.45, 2.75) is 32.1 Å². The lowest BCUT2D eigenvalue weighted by Gasteiger charge is -2.47. The molecule has 2 saturated heterocycles. The van der Waals surface area contributed by atoms with E-state index >= 15 is 0 Å². The Morgan fingerprint density at radius 1 is 1.10 bits per heavy atom. The second-order valence-corrected chi connectivity index (χ2v) is 8.13. The highest BCUT2D eigenvalue weighted by Gasteiger charge is 2.41. The molecule has 4 rings (SSSR count). The Labute approximate surface area is 169 Å². The van der Waals surface area contributed by atoms with Crippen LogP contribution in [0.4, 0.5) is 0 Å². The van der Waals surface area contributed by atoms with E-state index in [1.807, 2.05) is 17.0 Å². The molecule has 4 heterocycles. The summed E-state index contributed by atoms with van der Waals surface area (Å²) in [4.78, 5) is 47.4. The molecular weight excluding hydrogens is 368 g/mol. The highest BCUT2D eigenvalue weighted by molar-refractivity contribution is 5.93. The lowest BCUT2D eigenvalue weighted by atomic mass is 9.72. The summed E-state index contributed by atoms with van der Waals surface area (Å²) in [7, 11) is 0. The summed E-state index contributed by atoms with van der Waals surface area (Å²) < 4.78 is 0. The molecule has 7 nitrogen and oxygen atoms in total. The lowest BCUT2D eigenvalue weighted by Crippen LogP contribution is -2.53. The molecule has 0 radical (unpaired) electrons. The average molecular weight is 394 g/mol. The van der Waals surface area contributed by atoms with Gasteiger partial charge in [0.15, 0.2) is 0 Å². The topological polar surface area (TPSA) is 86.4 Å². The molecule has 0 aromatic carbocycles. The van der Waals surface area contributed by atoms with E-state index in [4.69, 9.17) is 0 Å².